The van der Waals surface area contributed by atoms with E-state index in [0.717, 1.165) is 19.5 Å². The van der Waals surface area contributed by atoms with Crippen LogP contribution in [0, 0.1) is 11.3 Å². The first-order chi connectivity index (χ1) is 8.01. The minimum absolute atomic E-state index is 0.0878. The SMILES string of the molecule is CC[C@@]12CN(C(C)C)CCC1CCN(C)C2=O. The van der Waals surface area contributed by atoms with E-state index in [0.29, 0.717) is 17.9 Å². The van der Waals surface area contributed by atoms with Crippen LogP contribution in [0.3, 0.4) is 0 Å². The Hall–Kier alpha value is -0.570. The quantitative estimate of drug-likeness (QED) is 0.734. The second-order valence-corrected chi connectivity index (χ2v) is 6.07. The Labute approximate surface area is 105 Å². The highest BCUT2D eigenvalue weighted by molar-refractivity contribution is 5.84. The van der Waals surface area contributed by atoms with Gasteiger partial charge < -0.3 is 4.90 Å². The third-order valence-corrected chi connectivity index (χ3v) is 4.98. The van der Waals surface area contributed by atoms with E-state index in [1.807, 2.05) is 11.9 Å². The van der Waals surface area contributed by atoms with Crippen molar-refractivity contribution in [1.29, 1.82) is 0 Å². The van der Waals surface area contributed by atoms with Crippen LogP contribution in [-0.4, -0.2) is 48.4 Å². The number of hydrogen-bond donors (Lipinski definition) is 0. The lowest BCUT2D eigenvalue weighted by Crippen LogP contribution is -2.61. The maximum atomic E-state index is 12.6. The molecule has 0 aliphatic carbocycles. The molecule has 0 saturated carbocycles. The molecule has 0 N–H and O–H groups in total. The molecule has 2 saturated heterocycles. The summed E-state index contributed by atoms with van der Waals surface area (Å²) < 4.78 is 0. The lowest BCUT2D eigenvalue weighted by Gasteiger charge is -2.52. The fraction of sp³-hybridized carbons (Fsp3) is 0.929. The van der Waals surface area contributed by atoms with Gasteiger partial charge in [0.05, 0.1) is 5.41 Å². The maximum Gasteiger partial charge on any atom is 0.230 e. The average Bonchev–Trinajstić information content (AvgIpc) is 2.33. The predicted molar refractivity (Wildman–Crippen MR) is 69.8 cm³/mol. The Kier molecular flexibility index (Phi) is 3.48. The highest BCUT2D eigenvalue weighted by Crippen LogP contribution is 2.45. The smallest absolute Gasteiger partial charge is 0.230 e. The number of likely N-dealkylation sites (tertiary alicyclic amines) is 2. The third kappa shape index (κ3) is 1.99. The Bertz CT molecular complexity index is 303. The number of rotatable bonds is 2. The van der Waals surface area contributed by atoms with Crippen LogP contribution in [0.4, 0.5) is 0 Å². The maximum absolute atomic E-state index is 12.6. The Balaban J connectivity index is 2.25. The van der Waals surface area contributed by atoms with Gasteiger partial charge in [-0.2, -0.15) is 0 Å². The zero-order valence-electron chi connectivity index (χ0n) is 11.7. The van der Waals surface area contributed by atoms with E-state index >= 15 is 0 Å². The number of hydrogen-bond acceptors (Lipinski definition) is 2. The molecule has 1 amide bonds. The van der Waals surface area contributed by atoms with Crippen molar-refractivity contribution in [3.05, 3.63) is 0 Å². The fourth-order valence-electron chi connectivity index (χ4n) is 3.66. The van der Waals surface area contributed by atoms with E-state index in [1.165, 1.54) is 19.4 Å². The summed E-state index contributed by atoms with van der Waals surface area (Å²) in [5.41, 5.74) is -0.0878. The Morgan fingerprint density at radius 2 is 2.00 bits per heavy atom. The molecule has 2 rings (SSSR count). The van der Waals surface area contributed by atoms with Crippen LogP contribution in [-0.2, 0) is 4.79 Å². The third-order valence-electron chi connectivity index (χ3n) is 4.98. The van der Waals surface area contributed by atoms with Gasteiger partial charge in [0.1, 0.15) is 0 Å². The molecule has 98 valence electrons. The average molecular weight is 238 g/mol. The van der Waals surface area contributed by atoms with Crippen molar-refractivity contribution in [2.45, 2.75) is 46.1 Å². The number of fused-ring (bicyclic) bond motifs is 1. The normalized spacial score (nSPS) is 35.2. The topological polar surface area (TPSA) is 23.6 Å². The Morgan fingerprint density at radius 1 is 1.35 bits per heavy atom. The van der Waals surface area contributed by atoms with Crippen LogP contribution in [0.1, 0.15) is 40.0 Å². The van der Waals surface area contributed by atoms with Crippen molar-refractivity contribution >= 4 is 5.91 Å². The van der Waals surface area contributed by atoms with E-state index < -0.39 is 0 Å². The fourth-order valence-corrected chi connectivity index (χ4v) is 3.66. The molecule has 0 aromatic carbocycles. The van der Waals surface area contributed by atoms with Crippen LogP contribution >= 0.6 is 0 Å². The molecule has 2 aliphatic rings. The van der Waals surface area contributed by atoms with Crippen LogP contribution in [0.25, 0.3) is 0 Å². The van der Waals surface area contributed by atoms with Gasteiger partial charge in [0.15, 0.2) is 0 Å². The second kappa shape index (κ2) is 4.60. The summed E-state index contributed by atoms with van der Waals surface area (Å²) in [5, 5.41) is 0. The molecule has 17 heavy (non-hydrogen) atoms. The molecule has 0 bridgehead atoms. The summed E-state index contributed by atoms with van der Waals surface area (Å²) in [5.74, 6) is 1.01. The second-order valence-electron chi connectivity index (χ2n) is 6.07. The minimum Gasteiger partial charge on any atom is -0.345 e. The molecule has 0 spiro atoms. The lowest BCUT2D eigenvalue weighted by atomic mass is 9.64. The summed E-state index contributed by atoms with van der Waals surface area (Å²) in [6.07, 6.45) is 3.39. The van der Waals surface area contributed by atoms with Crippen LogP contribution in [0.2, 0.25) is 0 Å². The van der Waals surface area contributed by atoms with E-state index in [-0.39, 0.29) is 5.41 Å². The molecule has 2 heterocycles. The van der Waals surface area contributed by atoms with E-state index in [9.17, 15) is 4.79 Å². The van der Waals surface area contributed by atoms with E-state index in [1.54, 1.807) is 0 Å². The molecule has 3 nitrogen and oxygen atoms in total. The van der Waals surface area contributed by atoms with Crippen molar-refractivity contribution in [2.75, 3.05) is 26.7 Å². The zero-order valence-corrected chi connectivity index (χ0v) is 11.7. The molecule has 2 atom stereocenters. The van der Waals surface area contributed by atoms with Crippen molar-refractivity contribution in [3.8, 4) is 0 Å². The van der Waals surface area contributed by atoms with Gasteiger partial charge in [0.2, 0.25) is 5.91 Å². The Morgan fingerprint density at radius 3 is 2.59 bits per heavy atom. The number of piperidine rings is 2. The first-order valence-corrected chi connectivity index (χ1v) is 7.01. The van der Waals surface area contributed by atoms with Gasteiger partial charge in [-0.1, -0.05) is 6.92 Å². The number of nitrogens with zero attached hydrogens (tertiary/aromatic N) is 2. The van der Waals surface area contributed by atoms with Crippen LogP contribution in [0.5, 0.6) is 0 Å². The summed E-state index contributed by atoms with van der Waals surface area (Å²) in [6, 6.07) is 0.555. The predicted octanol–water partition coefficient (Wildman–Crippen LogP) is 1.98. The van der Waals surface area contributed by atoms with Crippen molar-refractivity contribution < 1.29 is 4.79 Å². The van der Waals surface area contributed by atoms with Gasteiger partial charge in [-0.05, 0) is 45.6 Å². The molecule has 2 fully saturated rings. The molecular formula is C14H26N2O. The molecule has 2 aliphatic heterocycles. The minimum atomic E-state index is -0.0878. The van der Waals surface area contributed by atoms with Gasteiger partial charge in [-0.15, -0.1) is 0 Å². The molecule has 0 aromatic heterocycles. The standard InChI is InChI=1S/C14H26N2O/c1-5-14-10-16(11(2)3)9-7-12(14)6-8-15(4)13(14)17/h11-12H,5-10H2,1-4H3/t12?,14-/m1/s1. The van der Waals surface area contributed by atoms with Gasteiger partial charge in [0.25, 0.3) is 0 Å². The summed E-state index contributed by atoms with van der Waals surface area (Å²) in [6.45, 7) is 9.75. The molecule has 3 heteroatoms. The van der Waals surface area contributed by atoms with Crippen molar-refractivity contribution in [3.63, 3.8) is 0 Å². The van der Waals surface area contributed by atoms with Gasteiger partial charge >= 0.3 is 0 Å². The highest BCUT2D eigenvalue weighted by atomic mass is 16.2. The van der Waals surface area contributed by atoms with Gasteiger partial charge in [-0.25, -0.2) is 0 Å². The lowest BCUT2D eigenvalue weighted by molar-refractivity contribution is -0.156. The van der Waals surface area contributed by atoms with Gasteiger partial charge in [0, 0.05) is 26.2 Å². The number of carbonyl (C=O) groups excluding carboxylic acids is 1. The zero-order chi connectivity index (χ0) is 12.6. The van der Waals surface area contributed by atoms with Crippen LogP contribution < -0.4 is 0 Å². The van der Waals surface area contributed by atoms with Crippen LogP contribution in [0.15, 0.2) is 0 Å². The number of carbonyl (C=O) groups is 1. The van der Waals surface area contributed by atoms with Crippen molar-refractivity contribution in [2.24, 2.45) is 11.3 Å². The summed E-state index contributed by atoms with van der Waals surface area (Å²) in [4.78, 5) is 17.0. The van der Waals surface area contributed by atoms with E-state index in [2.05, 4.69) is 25.7 Å². The monoisotopic (exact) mass is 238 g/mol. The highest BCUT2D eigenvalue weighted by Gasteiger charge is 2.51. The van der Waals surface area contributed by atoms with Gasteiger partial charge in [-0.3, -0.25) is 9.69 Å². The summed E-state index contributed by atoms with van der Waals surface area (Å²) in [7, 11) is 1.96. The molecule has 0 aromatic rings. The summed E-state index contributed by atoms with van der Waals surface area (Å²) >= 11 is 0. The largest absolute Gasteiger partial charge is 0.345 e. The van der Waals surface area contributed by atoms with E-state index in [4.69, 9.17) is 0 Å². The molecule has 1 unspecified atom stereocenters. The van der Waals surface area contributed by atoms with Crippen molar-refractivity contribution in [1.82, 2.24) is 9.80 Å². The molecule has 0 radical (unpaired) electrons. The number of amides is 1. The first kappa shape index (κ1) is 12.9. The first-order valence-electron chi connectivity index (χ1n) is 7.01. The molecular weight excluding hydrogens is 212 g/mol.